The van der Waals surface area contributed by atoms with Crippen molar-refractivity contribution in [3.63, 3.8) is 0 Å². The number of allylic oxidation sites excluding steroid dienone is 3. The zero-order valence-electron chi connectivity index (χ0n) is 17.4. The quantitative estimate of drug-likeness (QED) is 0.134. The fraction of sp³-hybridized carbons (Fsp3) is 0.792. The van der Waals surface area contributed by atoms with Gasteiger partial charge in [0.25, 0.3) is 0 Å². The van der Waals surface area contributed by atoms with Crippen LogP contribution < -0.4 is 0 Å². The summed E-state index contributed by atoms with van der Waals surface area (Å²) in [6, 6.07) is 0. The summed E-state index contributed by atoms with van der Waals surface area (Å²) in [5.41, 5.74) is 0. The SMILES string of the molecule is CCCCCCCC/C=C\CCCCCCCCCCCC=CC(=O)O. The van der Waals surface area contributed by atoms with Crippen molar-refractivity contribution < 1.29 is 9.90 Å². The number of unbranched alkanes of at least 4 members (excludes halogenated alkanes) is 16. The lowest BCUT2D eigenvalue weighted by Gasteiger charge is -2.01. The van der Waals surface area contributed by atoms with Gasteiger partial charge in [-0.2, -0.15) is 0 Å². The van der Waals surface area contributed by atoms with Gasteiger partial charge >= 0.3 is 5.97 Å². The van der Waals surface area contributed by atoms with Gasteiger partial charge < -0.3 is 5.11 Å². The van der Waals surface area contributed by atoms with E-state index in [1.54, 1.807) is 6.08 Å². The van der Waals surface area contributed by atoms with Crippen molar-refractivity contribution in [1.29, 1.82) is 0 Å². The van der Waals surface area contributed by atoms with Crippen molar-refractivity contribution in [3.8, 4) is 0 Å². The molecule has 152 valence electrons. The third-order valence-electron chi connectivity index (χ3n) is 4.89. The van der Waals surface area contributed by atoms with Crippen LogP contribution in [-0.2, 0) is 4.79 Å². The molecule has 0 aliphatic rings. The number of carboxylic acids is 1. The molecule has 0 aliphatic carbocycles. The fourth-order valence-corrected chi connectivity index (χ4v) is 3.22. The van der Waals surface area contributed by atoms with Crippen molar-refractivity contribution in [2.75, 3.05) is 0 Å². The molecule has 2 heteroatoms. The molecule has 26 heavy (non-hydrogen) atoms. The van der Waals surface area contributed by atoms with Gasteiger partial charge in [0, 0.05) is 6.08 Å². The van der Waals surface area contributed by atoms with Crippen LogP contribution in [0.25, 0.3) is 0 Å². The topological polar surface area (TPSA) is 37.3 Å². The van der Waals surface area contributed by atoms with Crippen LogP contribution in [0.4, 0.5) is 0 Å². The fourth-order valence-electron chi connectivity index (χ4n) is 3.22. The standard InChI is InChI=1S/C24H44O2/c1-2-3-4-5-6-7-8-9-10-11-12-13-14-15-16-17-18-19-20-21-22-23-24(25)26/h9-10,22-23H,2-8,11-21H2,1H3,(H,25,26)/b10-9-,23-22?. The molecule has 0 saturated carbocycles. The van der Waals surface area contributed by atoms with Gasteiger partial charge in [0.05, 0.1) is 0 Å². The molecule has 0 amide bonds. The van der Waals surface area contributed by atoms with E-state index in [1.807, 2.05) is 0 Å². The molecule has 0 bridgehead atoms. The minimum atomic E-state index is -0.835. The summed E-state index contributed by atoms with van der Waals surface area (Å²) >= 11 is 0. The van der Waals surface area contributed by atoms with Crippen LogP contribution in [0.3, 0.4) is 0 Å². The molecule has 0 aromatic heterocycles. The molecule has 0 spiro atoms. The summed E-state index contributed by atoms with van der Waals surface area (Å²) in [5.74, 6) is -0.835. The zero-order chi connectivity index (χ0) is 19.1. The van der Waals surface area contributed by atoms with Crippen LogP contribution in [0.15, 0.2) is 24.3 Å². The van der Waals surface area contributed by atoms with E-state index in [-0.39, 0.29) is 0 Å². The van der Waals surface area contributed by atoms with Crippen LogP contribution in [0.2, 0.25) is 0 Å². The second-order valence-corrected chi connectivity index (χ2v) is 7.53. The number of carbonyl (C=O) groups is 1. The summed E-state index contributed by atoms with van der Waals surface area (Å²) in [7, 11) is 0. The van der Waals surface area contributed by atoms with Crippen molar-refractivity contribution in [3.05, 3.63) is 24.3 Å². The number of hydrogen-bond donors (Lipinski definition) is 1. The zero-order valence-corrected chi connectivity index (χ0v) is 17.4. The molecule has 0 aromatic rings. The Bertz CT molecular complexity index is 344. The average molecular weight is 365 g/mol. The van der Waals surface area contributed by atoms with Crippen LogP contribution in [0.1, 0.15) is 122 Å². The molecule has 0 atom stereocenters. The predicted molar refractivity (Wildman–Crippen MR) is 115 cm³/mol. The van der Waals surface area contributed by atoms with Crippen LogP contribution in [0, 0.1) is 0 Å². The van der Waals surface area contributed by atoms with Gasteiger partial charge in [0.1, 0.15) is 0 Å². The van der Waals surface area contributed by atoms with E-state index < -0.39 is 5.97 Å². The molecule has 0 rings (SSSR count). The smallest absolute Gasteiger partial charge is 0.327 e. The number of carboxylic acid groups (broad SMARTS) is 1. The molecule has 0 fully saturated rings. The first-order valence-electron chi connectivity index (χ1n) is 11.3. The first-order chi connectivity index (χ1) is 12.8. The van der Waals surface area contributed by atoms with Crippen molar-refractivity contribution >= 4 is 5.97 Å². The average Bonchev–Trinajstić information content (AvgIpc) is 2.62. The first-order valence-corrected chi connectivity index (χ1v) is 11.3. The molecule has 0 heterocycles. The van der Waals surface area contributed by atoms with Crippen molar-refractivity contribution in [2.24, 2.45) is 0 Å². The van der Waals surface area contributed by atoms with E-state index >= 15 is 0 Å². The minimum Gasteiger partial charge on any atom is -0.478 e. The highest BCUT2D eigenvalue weighted by Crippen LogP contribution is 2.12. The summed E-state index contributed by atoms with van der Waals surface area (Å²) in [6.07, 6.45) is 31.4. The Morgan fingerprint density at radius 3 is 1.31 bits per heavy atom. The normalized spacial score (nSPS) is 11.7. The Hall–Kier alpha value is -1.05. The third kappa shape index (κ3) is 22.9. The van der Waals surface area contributed by atoms with Crippen LogP contribution in [-0.4, -0.2) is 11.1 Å². The first kappa shape index (κ1) is 24.9. The van der Waals surface area contributed by atoms with Gasteiger partial charge in [0.2, 0.25) is 0 Å². The summed E-state index contributed by atoms with van der Waals surface area (Å²) in [6.45, 7) is 2.27. The Labute approximate surface area is 163 Å². The third-order valence-corrected chi connectivity index (χ3v) is 4.89. The van der Waals surface area contributed by atoms with E-state index in [1.165, 1.54) is 109 Å². The van der Waals surface area contributed by atoms with Gasteiger partial charge in [-0.25, -0.2) is 4.79 Å². The Balaban J connectivity index is 3.10. The molecule has 0 radical (unpaired) electrons. The van der Waals surface area contributed by atoms with E-state index in [0.717, 1.165) is 12.8 Å². The summed E-state index contributed by atoms with van der Waals surface area (Å²) in [5, 5.41) is 8.48. The molecule has 0 unspecified atom stereocenters. The highest BCUT2D eigenvalue weighted by atomic mass is 16.4. The van der Waals surface area contributed by atoms with E-state index in [4.69, 9.17) is 5.11 Å². The maximum atomic E-state index is 10.3. The largest absolute Gasteiger partial charge is 0.478 e. The lowest BCUT2D eigenvalue weighted by atomic mass is 10.1. The molecule has 0 saturated heterocycles. The Morgan fingerprint density at radius 1 is 0.577 bits per heavy atom. The van der Waals surface area contributed by atoms with E-state index in [9.17, 15) is 4.79 Å². The second kappa shape index (κ2) is 22.0. The lowest BCUT2D eigenvalue weighted by molar-refractivity contribution is -0.131. The van der Waals surface area contributed by atoms with Gasteiger partial charge in [-0.05, 0) is 38.5 Å². The second-order valence-electron chi connectivity index (χ2n) is 7.53. The Kier molecular flexibility index (Phi) is 21.1. The number of hydrogen-bond acceptors (Lipinski definition) is 1. The van der Waals surface area contributed by atoms with E-state index in [2.05, 4.69) is 19.1 Å². The van der Waals surface area contributed by atoms with Gasteiger partial charge in [0.15, 0.2) is 0 Å². The number of aliphatic carboxylic acids is 1. The minimum absolute atomic E-state index is 0.835. The monoisotopic (exact) mass is 364 g/mol. The summed E-state index contributed by atoms with van der Waals surface area (Å²) < 4.78 is 0. The molecular formula is C24H44O2. The Morgan fingerprint density at radius 2 is 0.923 bits per heavy atom. The van der Waals surface area contributed by atoms with Crippen molar-refractivity contribution in [2.45, 2.75) is 122 Å². The van der Waals surface area contributed by atoms with Crippen LogP contribution in [0.5, 0.6) is 0 Å². The summed E-state index contributed by atoms with van der Waals surface area (Å²) in [4.78, 5) is 10.3. The molecule has 0 aliphatic heterocycles. The molecule has 0 aromatic carbocycles. The highest BCUT2D eigenvalue weighted by molar-refractivity contribution is 5.79. The lowest BCUT2D eigenvalue weighted by Crippen LogP contribution is -1.85. The molecule has 2 nitrogen and oxygen atoms in total. The molecule has 1 N–H and O–H groups in total. The maximum absolute atomic E-state index is 10.3. The van der Waals surface area contributed by atoms with Crippen molar-refractivity contribution in [1.82, 2.24) is 0 Å². The van der Waals surface area contributed by atoms with Crippen LogP contribution >= 0.6 is 0 Å². The molecular weight excluding hydrogens is 320 g/mol. The predicted octanol–water partition coefficient (Wildman–Crippen LogP) is 8.23. The highest BCUT2D eigenvalue weighted by Gasteiger charge is 1.93. The number of rotatable bonds is 20. The van der Waals surface area contributed by atoms with E-state index in [0.29, 0.717) is 0 Å². The van der Waals surface area contributed by atoms with Gasteiger partial charge in [-0.3, -0.25) is 0 Å². The van der Waals surface area contributed by atoms with Gasteiger partial charge in [-0.1, -0.05) is 102 Å². The van der Waals surface area contributed by atoms with Gasteiger partial charge in [-0.15, -0.1) is 0 Å². The maximum Gasteiger partial charge on any atom is 0.327 e.